The van der Waals surface area contributed by atoms with E-state index in [9.17, 15) is 9.59 Å². The number of rotatable bonds is 8. The minimum atomic E-state index is -0.00835. The quantitative estimate of drug-likeness (QED) is 0.573. The predicted octanol–water partition coefficient (Wildman–Crippen LogP) is 4.84. The number of anilines is 1. The summed E-state index contributed by atoms with van der Waals surface area (Å²) < 4.78 is 1.02. The molecule has 3 rings (SSSR count). The van der Waals surface area contributed by atoms with E-state index in [1.807, 2.05) is 56.3 Å². The molecule has 2 amide bonds. The molecule has 0 aliphatic rings. The number of hydrogen-bond donors (Lipinski definition) is 2. The number of benzene rings is 2. The monoisotopic (exact) mass is 395 g/mol. The van der Waals surface area contributed by atoms with Crippen molar-refractivity contribution in [2.75, 3.05) is 5.32 Å². The van der Waals surface area contributed by atoms with Crippen LogP contribution >= 0.6 is 11.3 Å². The number of fused-ring (bicyclic) bond motifs is 1. The maximum Gasteiger partial charge on any atom is 0.226 e. The van der Waals surface area contributed by atoms with Gasteiger partial charge in [-0.1, -0.05) is 54.7 Å². The number of carbonyl (C=O) groups is 2. The lowest BCUT2D eigenvalue weighted by Crippen LogP contribution is -2.26. The normalized spacial score (nSPS) is 11.9. The Kier molecular flexibility index (Phi) is 6.76. The lowest BCUT2D eigenvalue weighted by molar-refractivity contribution is -0.121. The Morgan fingerprint density at radius 3 is 2.61 bits per heavy atom. The van der Waals surface area contributed by atoms with Crippen LogP contribution in [0.4, 0.5) is 5.13 Å². The van der Waals surface area contributed by atoms with Crippen LogP contribution in [0.1, 0.15) is 50.3 Å². The van der Waals surface area contributed by atoms with Crippen LogP contribution < -0.4 is 10.6 Å². The van der Waals surface area contributed by atoms with Crippen molar-refractivity contribution in [3.05, 3.63) is 59.7 Å². The molecule has 0 saturated carbocycles. The second-order valence-electron chi connectivity index (χ2n) is 6.82. The Morgan fingerprint density at radius 1 is 1.07 bits per heavy atom. The summed E-state index contributed by atoms with van der Waals surface area (Å²) in [5.41, 5.74) is 3.05. The number of carbonyl (C=O) groups excluding carboxylic acids is 2. The Balaban J connectivity index is 1.56. The van der Waals surface area contributed by atoms with Crippen molar-refractivity contribution in [1.82, 2.24) is 10.3 Å². The summed E-state index contributed by atoms with van der Waals surface area (Å²) in [4.78, 5) is 28.5. The second kappa shape index (κ2) is 9.46. The highest BCUT2D eigenvalue weighted by molar-refractivity contribution is 7.22. The molecule has 0 spiro atoms. The Hall–Kier alpha value is -2.73. The average Bonchev–Trinajstić information content (AvgIpc) is 3.08. The SMILES string of the molecule is CCCC(=O)Nc1nc2ccc(CCC(=O)NC(C)c3ccccc3)cc2s1. The molecule has 2 aromatic carbocycles. The molecular formula is C22H25N3O2S. The standard InChI is InChI=1S/C22H25N3O2S/c1-3-7-20(26)25-22-24-18-12-10-16(14-19(18)28-22)11-13-21(27)23-15(2)17-8-5-4-6-9-17/h4-6,8-10,12,14-15H,3,7,11,13H2,1-2H3,(H,23,27)(H,24,25,26). The molecule has 1 atom stereocenters. The molecule has 2 N–H and O–H groups in total. The summed E-state index contributed by atoms with van der Waals surface area (Å²) in [6.07, 6.45) is 2.41. The van der Waals surface area contributed by atoms with Gasteiger partial charge in [0, 0.05) is 12.8 Å². The maximum atomic E-state index is 12.3. The van der Waals surface area contributed by atoms with Crippen molar-refractivity contribution in [2.24, 2.45) is 0 Å². The number of aromatic nitrogens is 1. The van der Waals surface area contributed by atoms with Gasteiger partial charge in [0.1, 0.15) is 0 Å². The highest BCUT2D eigenvalue weighted by atomic mass is 32.1. The molecule has 0 aliphatic heterocycles. The Morgan fingerprint density at radius 2 is 1.86 bits per heavy atom. The van der Waals surface area contributed by atoms with Gasteiger partial charge in [-0.3, -0.25) is 9.59 Å². The summed E-state index contributed by atoms with van der Waals surface area (Å²) in [7, 11) is 0. The third kappa shape index (κ3) is 5.39. The van der Waals surface area contributed by atoms with Crippen molar-refractivity contribution in [2.45, 2.75) is 45.6 Å². The topological polar surface area (TPSA) is 71.1 Å². The molecule has 1 heterocycles. The number of nitrogens with one attached hydrogen (secondary N) is 2. The van der Waals surface area contributed by atoms with E-state index in [0.29, 0.717) is 24.4 Å². The minimum absolute atomic E-state index is 0.00744. The molecule has 0 saturated heterocycles. The number of thiazole rings is 1. The van der Waals surface area contributed by atoms with E-state index >= 15 is 0 Å². The van der Waals surface area contributed by atoms with E-state index in [2.05, 4.69) is 21.7 Å². The van der Waals surface area contributed by atoms with Crippen LogP contribution in [-0.4, -0.2) is 16.8 Å². The van der Waals surface area contributed by atoms with Crippen LogP contribution in [0, 0.1) is 0 Å². The summed E-state index contributed by atoms with van der Waals surface area (Å²) in [6.45, 7) is 3.96. The molecule has 0 radical (unpaired) electrons. The largest absolute Gasteiger partial charge is 0.350 e. The molecule has 146 valence electrons. The van der Waals surface area contributed by atoms with Crippen molar-refractivity contribution >= 4 is 38.5 Å². The molecule has 3 aromatic rings. The van der Waals surface area contributed by atoms with Gasteiger partial charge in [-0.25, -0.2) is 4.98 Å². The fraction of sp³-hybridized carbons (Fsp3) is 0.318. The zero-order valence-corrected chi connectivity index (χ0v) is 17.0. The molecule has 0 aliphatic carbocycles. The van der Waals surface area contributed by atoms with Gasteiger partial charge in [-0.05, 0) is 43.0 Å². The van der Waals surface area contributed by atoms with Gasteiger partial charge in [-0.15, -0.1) is 0 Å². The fourth-order valence-corrected chi connectivity index (χ4v) is 3.93. The van der Waals surface area contributed by atoms with E-state index in [0.717, 1.165) is 27.8 Å². The first-order valence-electron chi connectivity index (χ1n) is 9.58. The van der Waals surface area contributed by atoms with Gasteiger partial charge in [0.15, 0.2) is 5.13 Å². The van der Waals surface area contributed by atoms with Crippen LogP contribution in [0.2, 0.25) is 0 Å². The molecule has 28 heavy (non-hydrogen) atoms. The Bertz CT molecular complexity index is 953. The van der Waals surface area contributed by atoms with E-state index in [1.54, 1.807) is 0 Å². The molecular weight excluding hydrogens is 370 g/mol. The van der Waals surface area contributed by atoms with E-state index in [4.69, 9.17) is 0 Å². The molecule has 1 unspecified atom stereocenters. The fourth-order valence-electron chi connectivity index (χ4n) is 2.98. The lowest BCUT2D eigenvalue weighted by atomic mass is 10.1. The van der Waals surface area contributed by atoms with Crippen molar-refractivity contribution < 1.29 is 9.59 Å². The zero-order chi connectivity index (χ0) is 19.9. The van der Waals surface area contributed by atoms with Gasteiger partial charge in [0.05, 0.1) is 16.3 Å². The molecule has 1 aromatic heterocycles. The third-order valence-electron chi connectivity index (χ3n) is 4.49. The van der Waals surface area contributed by atoms with Crippen molar-refractivity contribution in [1.29, 1.82) is 0 Å². The summed E-state index contributed by atoms with van der Waals surface area (Å²) in [5.74, 6) is 0.0271. The minimum Gasteiger partial charge on any atom is -0.350 e. The second-order valence-corrected chi connectivity index (χ2v) is 7.85. The number of hydrogen-bond acceptors (Lipinski definition) is 4. The van der Waals surface area contributed by atoms with E-state index in [1.165, 1.54) is 11.3 Å². The van der Waals surface area contributed by atoms with Gasteiger partial charge >= 0.3 is 0 Å². The van der Waals surface area contributed by atoms with Crippen LogP contribution in [-0.2, 0) is 16.0 Å². The number of nitrogens with zero attached hydrogens (tertiary/aromatic N) is 1. The maximum absolute atomic E-state index is 12.3. The molecule has 6 heteroatoms. The number of amides is 2. The zero-order valence-electron chi connectivity index (χ0n) is 16.2. The number of aryl methyl sites for hydroxylation is 1. The summed E-state index contributed by atoms with van der Waals surface area (Å²) >= 11 is 1.46. The van der Waals surface area contributed by atoms with Crippen molar-refractivity contribution in [3.8, 4) is 0 Å². The van der Waals surface area contributed by atoms with Gasteiger partial charge in [-0.2, -0.15) is 0 Å². The van der Waals surface area contributed by atoms with Gasteiger partial charge < -0.3 is 10.6 Å². The van der Waals surface area contributed by atoms with Gasteiger partial charge in [0.2, 0.25) is 11.8 Å². The average molecular weight is 396 g/mol. The molecule has 0 fully saturated rings. The predicted molar refractivity (Wildman–Crippen MR) is 114 cm³/mol. The van der Waals surface area contributed by atoms with Crippen LogP contribution in [0.5, 0.6) is 0 Å². The first-order valence-corrected chi connectivity index (χ1v) is 10.4. The molecule has 5 nitrogen and oxygen atoms in total. The first kappa shape index (κ1) is 20.0. The van der Waals surface area contributed by atoms with E-state index < -0.39 is 0 Å². The van der Waals surface area contributed by atoms with Crippen LogP contribution in [0.3, 0.4) is 0 Å². The summed E-state index contributed by atoms with van der Waals surface area (Å²) in [5, 5.41) is 6.51. The first-order chi connectivity index (χ1) is 13.5. The van der Waals surface area contributed by atoms with Crippen LogP contribution in [0.25, 0.3) is 10.2 Å². The smallest absolute Gasteiger partial charge is 0.226 e. The lowest BCUT2D eigenvalue weighted by Gasteiger charge is -2.14. The van der Waals surface area contributed by atoms with E-state index in [-0.39, 0.29) is 17.9 Å². The molecule has 0 bridgehead atoms. The van der Waals surface area contributed by atoms with Crippen LogP contribution in [0.15, 0.2) is 48.5 Å². The highest BCUT2D eigenvalue weighted by Gasteiger charge is 2.11. The highest BCUT2D eigenvalue weighted by Crippen LogP contribution is 2.27. The van der Waals surface area contributed by atoms with Gasteiger partial charge in [0.25, 0.3) is 0 Å². The Labute approximate surface area is 169 Å². The van der Waals surface area contributed by atoms with Crippen molar-refractivity contribution in [3.63, 3.8) is 0 Å². The third-order valence-corrected chi connectivity index (χ3v) is 5.43. The summed E-state index contributed by atoms with van der Waals surface area (Å²) in [6, 6.07) is 15.9.